The first-order valence-electron chi connectivity index (χ1n) is 9.14. The van der Waals surface area contributed by atoms with E-state index in [9.17, 15) is 19.1 Å². The quantitative estimate of drug-likeness (QED) is 0.499. The highest BCUT2D eigenvalue weighted by molar-refractivity contribution is 7.20. The van der Waals surface area contributed by atoms with Crippen molar-refractivity contribution in [2.24, 2.45) is 0 Å². The zero-order valence-electron chi connectivity index (χ0n) is 15.6. The topological polar surface area (TPSA) is 128 Å². The van der Waals surface area contributed by atoms with Gasteiger partial charge in [0, 0.05) is 12.2 Å². The molecule has 0 spiro atoms. The van der Waals surface area contributed by atoms with Crippen LogP contribution in [0, 0.1) is 5.82 Å². The maximum atomic E-state index is 13.1. The maximum absolute atomic E-state index is 13.1. The number of carbonyl (C=O) groups excluding carboxylic acids is 1. The molecule has 3 aromatic rings. The third kappa shape index (κ3) is 4.16. The molecular formula is C19H18FN5O4S. The molecule has 2 amide bonds. The number of aliphatic hydroxyl groups is 1. The second-order valence-corrected chi connectivity index (χ2v) is 7.88. The van der Waals surface area contributed by atoms with E-state index in [1.165, 1.54) is 29.8 Å². The first-order valence-corrected chi connectivity index (χ1v) is 9.96. The van der Waals surface area contributed by atoms with Gasteiger partial charge in [-0.25, -0.2) is 19.2 Å². The van der Waals surface area contributed by atoms with Crippen LogP contribution in [0.2, 0.25) is 0 Å². The van der Waals surface area contributed by atoms with Gasteiger partial charge >= 0.3 is 6.09 Å². The predicted molar refractivity (Wildman–Crippen MR) is 109 cm³/mol. The van der Waals surface area contributed by atoms with Crippen LogP contribution in [0.4, 0.5) is 20.7 Å². The zero-order valence-corrected chi connectivity index (χ0v) is 16.4. The van der Waals surface area contributed by atoms with E-state index < -0.39 is 18.2 Å². The molecule has 0 unspecified atom stereocenters. The molecule has 1 saturated heterocycles. The van der Waals surface area contributed by atoms with Gasteiger partial charge in [-0.3, -0.25) is 4.79 Å². The average molecular weight is 431 g/mol. The van der Waals surface area contributed by atoms with Gasteiger partial charge in [-0.05, 0) is 36.8 Å². The van der Waals surface area contributed by atoms with Crippen molar-refractivity contribution in [3.05, 3.63) is 47.4 Å². The number of likely N-dealkylation sites (tertiary alicyclic amines) is 1. The number of aromatic nitrogens is 2. The molecule has 0 saturated carbocycles. The number of amides is 2. The van der Waals surface area contributed by atoms with Crippen LogP contribution in [0.1, 0.15) is 16.1 Å². The molecule has 3 heterocycles. The molecule has 0 aliphatic carbocycles. The fourth-order valence-electron chi connectivity index (χ4n) is 3.25. The van der Waals surface area contributed by atoms with Gasteiger partial charge in [-0.15, -0.1) is 11.3 Å². The van der Waals surface area contributed by atoms with Gasteiger partial charge < -0.3 is 25.7 Å². The van der Waals surface area contributed by atoms with Crippen LogP contribution in [-0.4, -0.2) is 62.3 Å². The largest absolute Gasteiger partial charge is 0.465 e. The molecule has 0 radical (unpaired) electrons. The number of carboxylic acid groups (broad SMARTS) is 1. The Labute approximate surface area is 174 Å². The van der Waals surface area contributed by atoms with Gasteiger partial charge in [0.1, 0.15) is 22.8 Å². The van der Waals surface area contributed by atoms with E-state index in [1.807, 2.05) is 0 Å². The number of hydrogen-bond donors (Lipinski definition) is 4. The molecular weight excluding hydrogens is 413 g/mol. The fraction of sp³-hybridized carbons (Fsp3) is 0.263. The molecule has 4 N–H and O–H groups in total. The summed E-state index contributed by atoms with van der Waals surface area (Å²) < 4.78 is 13.1. The van der Waals surface area contributed by atoms with E-state index in [0.29, 0.717) is 33.0 Å². The number of aliphatic hydroxyl groups excluding tert-OH is 1. The summed E-state index contributed by atoms with van der Waals surface area (Å²) in [4.78, 5) is 34.2. The van der Waals surface area contributed by atoms with E-state index in [-0.39, 0.29) is 24.8 Å². The second kappa shape index (κ2) is 8.20. The minimum absolute atomic E-state index is 0.0517. The molecule has 4 rings (SSSR count). The number of nitrogens with zero attached hydrogens (tertiary/aromatic N) is 3. The number of β-amino-alcohol motifs (C(OH)–C–C–N with tert-alkyl or cyclic N) is 1. The number of hydrogen-bond acceptors (Lipinski definition) is 7. The first-order chi connectivity index (χ1) is 14.4. The number of nitrogens with one attached hydrogen (secondary N) is 2. The van der Waals surface area contributed by atoms with Crippen molar-refractivity contribution in [3.63, 3.8) is 0 Å². The number of anilines is 2. The normalized spacial score (nSPS) is 18.9. The number of piperidine rings is 1. The molecule has 11 heteroatoms. The lowest BCUT2D eigenvalue weighted by atomic mass is 10.0. The predicted octanol–water partition coefficient (Wildman–Crippen LogP) is 2.42. The van der Waals surface area contributed by atoms with Crippen molar-refractivity contribution in [1.82, 2.24) is 20.2 Å². The summed E-state index contributed by atoms with van der Waals surface area (Å²) in [6.07, 6.45) is -0.384. The van der Waals surface area contributed by atoms with E-state index in [2.05, 4.69) is 20.6 Å². The zero-order chi connectivity index (χ0) is 21.3. The van der Waals surface area contributed by atoms with Crippen LogP contribution in [-0.2, 0) is 0 Å². The van der Waals surface area contributed by atoms with Crippen LogP contribution in [0.15, 0.2) is 36.7 Å². The number of thiophene rings is 1. The molecule has 9 nitrogen and oxygen atoms in total. The van der Waals surface area contributed by atoms with E-state index in [4.69, 9.17) is 5.11 Å². The van der Waals surface area contributed by atoms with Crippen molar-refractivity contribution >= 4 is 45.1 Å². The van der Waals surface area contributed by atoms with Crippen LogP contribution in [0.3, 0.4) is 0 Å². The number of rotatable bonds is 4. The molecule has 1 fully saturated rings. The molecule has 1 aliphatic rings. The molecule has 156 valence electrons. The highest BCUT2D eigenvalue weighted by atomic mass is 32.1. The van der Waals surface area contributed by atoms with E-state index >= 15 is 0 Å². The Morgan fingerprint density at radius 3 is 2.70 bits per heavy atom. The monoisotopic (exact) mass is 431 g/mol. The first kappa shape index (κ1) is 20.0. The van der Waals surface area contributed by atoms with Crippen molar-refractivity contribution < 1.29 is 24.2 Å². The highest BCUT2D eigenvalue weighted by Gasteiger charge is 2.31. The fourth-order valence-corrected chi connectivity index (χ4v) is 4.15. The van der Waals surface area contributed by atoms with Crippen molar-refractivity contribution in [1.29, 1.82) is 0 Å². The third-order valence-corrected chi connectivity index (χ3v) is 5.87. The highest BCUT2D eigenvalue weighted by Crippen LogP contribution is 2.30. The SMILES string of the molecule is O=C(N[C@@H]1CCN(C(=O)O)C[C@H]1O)c1cc2c(Nc3ccc(F)cc3)ncnc2s1. The molecule has 0 bridgehead atoms. The van der Waals surface area contributed by atoms with Gasteiger partial charge in [0.05, 0.1) is 29.0 Å². The summed E-state index contributed by atoms with van der Waals surface area (Å²) in [6.45, 7) is 0.185. The third-order valence-electron chi connectivity index (χ3n) is 4.83. The van der Waals surface area contributed by atoms with Gasteiger partial charge in [0.2, 0.25) is 0 Å². The molecule has 2 atom stereocenters. The lowest BCUT2D eigenvalue weighted by Gasteiger charge is -2.34. The molecule has 1 aliphatic heterocycles. The Hall–Kier alpha value is -3.31. The Bertz CT molecular complexity index is 1090. The Kier molecular flexibility index (Phi) is 5.46. The number of halogens is 1. The summed E-state index contributed by atoms with van der Waals surface area (Å²) in [7, 11) is 0. The summed E-state index contributed by atoms with van der Waals surface area (Å²) >= 11 is 1.18. The van der Waals surface area contributed by atoms with Crippen LogP contribution in [0.25, 0.3) is 10.2 Å². The Morgan fingerprint density at radius 2 is 2.00 bits per heavy atom. The number of carbonyl (C=O) groups is 2. The van der Waals surface area contributed by atoms with Crippen molar-refractivity contribution in [2.45, 2.75) is 18.6 Å². The number of fused-ring (bicyclic) bond motifs is 1. The van der Waals surface area contributed by atoms with E-state index in [0.717, 1.165) is 4.90 Å². The Morgan fingerprint density at radius 1 is 1.23 bits per heavy atom. The van der Waals surface area contributed by atoms with Gasteiger partial charge in [0.15, 0.2) is 0 Å². The maximum Gasteiger partial charge on any atom is 0.407 e. The lowest BCUT2D eigenvalue weighted by Crippen LogP contribution is -2.55. The van der Waals surface area contributed by atoms with Crippen molar-refractivity contribution in [3.8, 4) is 0 Å². The molecule has 30 heavy (non-hydrogen) atoms. The van der Waals surface area contributed by atoms with Crippen molar-refractivity contribution in [2.75, 3.05) is 18.4 Å². The smallest absolute Gasteiger partial charge is 0.407 e. The average Bonchev–Trinajstić information content (AvgIpc) is 3.16. The van der Waals surface area contributed by atoms with Crippen LogP contribution >= 0.6 is 11.3 Å². The molecule has 1 aromatic carbocycles. The van der Waals surface area contributed by atoms with Gasteiger partial charge in [-0.1, -0.05) is 0 Å². The summed E-state index contributed by atoms with van der Waals surface area (Å²) in [5.74, 6) is -0.241. The van der Waals surface area contributed by atoms with Crippen LogP contribution in [0.5, 0.6) is 0 Å². The van der Waals surface area contributed by atoms with E-state index in [1.54, 1.807) is 18.2 Å². The van der Waals surface area contributed by atoms with Crippen LogP contribution < -0.4 is 10.6 Å². The standard InChI is InChI=1S/C19H18FN5O4S/c20-10-1-3-11(4-2-10)23-16-12-7-15(30-18(12)22-9-21-16)17(27)24-13-5-6-25(19(28)29)8-14(13)26/h1-4,7,9,13-14,26H,5-6,8H2,(H,24,27)(H,28,29)(H,21,22,23)/t13-,14-/m1/s1. The summed E-state index contributed by atoms with van der Waals surface area (Å²) in [5, 5.41) is 25.7. The van der Waals surface area contributed by atoms with Gasteiger partial charge in [0.25, 0.3) is 5.91 Å². The Balaban J connectivity index is 1.50. The van der Waals surface area contributed by atoms with Gasteiger partial charge in [-0.2, -0.15) is 0 Å². The second-order valence-electron chi connectivity index (χ2n) is 6.85. The lowest BCUT2D eigenvalue weighted by molar-refractivity contribution is 0.0393. The number of benzene rings is 1. The molecule has 2 aromatic heterocycles. The summed E-state index contributed by atoms with van der Waals surface area (Å²) in [6, 6.07) is 6.92. The minimum atomic E-state index is -1.09. The minimum Gasteiger partial charge on any atom is -0.465 e. The summed E-state index contributed by atoms with van der Waals surface area (Å²) in [5.41, 5.74) is 0.641.